The Morgan fingerprint density at radius 3 is 2.36 bits per heavy atom. The normalized spacial score (nSPS) is 28.5. The van der Waals surface area contributed by atoms with Crippen LogP contribution < -0.4 is 9.47 Å². The third kappa shape index (κ3) is 2.38. The molecule has 3 heterocycles. The third-order valence-electron chi connectivity index (χ3n) is 6.90. The number of fused-ring (bicyclic) bond motifs is 7. The molecule has 0 aromatic heterocycles. The Kier molecular flexibility index (Phi) is 4.08. The molecule has 1 fully saturated rings. The second-order valence-electron chi connectivity index (χ2n) is 8.07. The number of nitriles is 1. The van der Waals surface area contributed by atoms with Crippen molar-refractivity contribution < 1.29 is 9.47 Å². The molecule has 0 N–H and O–H groups in total. The van der Waals surface area contributed by atoms with Gasteiger partial charge < -0.3 is 9.47 Å². The molecule has 2 bridgehead atoms. The van der Waals surface area contributed by atoms with Gasteiger partial charge in [0.25, 0.3) is 0 Å². The van der Waals surface area contributed by atoms with E-state index in [4.69, 9.17) is 9.47 Å². The number of hydrogen-bond donors (Lipinski definition) is 0. The summed E-state index contributed by atoms with van der Waals surface area (Å²) in [5.74, 6) is 1.54. The van der Waals surface area contributed by atoms with Crippen LogP contribution in [0.4, 0.5) is 0 Å². The minimum atomic E-state index is -0.110. The Morgan fingerprint density at radius 1 is 0.964 bits per heavy atom. The Hall–Kier alpha value is -2.55. The molecule has 0 unspecified atom stereocenters. The predicted octanol–water partition coefficient (Wildman–Crippen LogP) is 2.93. The van der Waals surface area contributed by atoms with Crippen molar-refractivity contribution in [2.24, 2.45) is 0 Å². The van der Waals surface area contributed by atoms with Crippen molar-refractivity contribution in [2.75, 3.05) is 21.3 Å². The largest absolute Gasteiger partial charge is 0.493 e. The zero-order valence-corrected chi connectivity index (χ0v) is 16.6. The molecule has 0 spiro atoms. The zero-order valence-electron chi connectivity index (χ0n) is 16.6. The fourth-order valence-corrected chi connectivity index (χ4v) is 5.54. The minimum absolute atomic E-state index is 0.110. The highest BCUT2D eigenvalue weighted by atomic mass is 16.5. The van der Waals surface area contributed by atoms with Crippen molar-refractivity contribution >= 4 is 0 Å². The first-order chi connectivity index (χ1) is 13.7. The summed E-state index contributed by atoms with van der Waals surface area (Å²) < 4.78 is 11.1. The van der Waals surface area contributed by atoms with Crippen LogP contribution in [0, 0.1) is 11.3 Å². The summed E-state index contributed by atoms with van der Waals surface area (Å²) in [6, 6.07) is 16.1. The lowest BCUT2D eigenvalue weighted by atomic mass is 9.74. The summed E-state index contributed by atoms with van der Waals surface area (Å²) in [5.41, 5.74) is 5.35. The molecular weight excluding hydrogens is 350 g/mol. The van der Waals surface area contributed by atoms with Crippen LogP contribution in [0.15, 0.2) is 36.4 Å². The van der Waals surface area contributed by atoms with Crippen LogP contribution in [0.2, 0.25) is 0 Å². The highest BCUT2D eigenvalue weighted by molar-refractivity contribution is 5.51. The third-order valence-corrected chi connectivity index (χ3v) is 6.90. The number of likely N-dealkylation sites (N-methyl/N-ethyl adjacent to an activating group) is 1. The van der Waals surface area contributed by atoms with E-state index in [9.17, 15) is 5.26 Å². The number of rotatable bonds is 2. The monoisotopic (exact) mass is 375 g/mol. The van der Waals surface area contributed by atoms with Crippen LogP contribution in [-0.4, -0.2) is 49.2 Å². The molecule has 2 aromatic carbocycles. The summed E-state index contributed by atoms with van der Waals surface area (Å²) in [7, 11) is 5.55. The van der Waals surface area contributed by atoms with Gasteiger partial charge in [-0.25, -0.2) is 0 Å². The van der Waals surface area contributed by atoms with E-state index in [0.29, 0.717) is 0 Å². The molecule has 0 amide bonds. The summed E-state index contributed by atoms with van der Waals surface area (Å²) in [6.07, 6.45) is 1.82. The highest BCUT2D eigenvalue weighted by Gasteiger charge is 2.51. The SMILES string of the molecule is COc1cc2c(cc1OC)[C@@H]1[C@H]3Cc4ccccc4CN3[C@@H](C#N)[C@H](C2)N1C. The van der Waals surface area contributed by atoms with Gasteiger partial charge in [0, 0.05) is 18.6 Å². The maximum atomic E-state index is 10.1. The predicted molar refractivity (Wildman–Crippen MR) is 106 cm³/mol. The van der Waals surface area contributed by atoms with Crippen LogP contribution >= 0.6 is 0 Å². The Bertz CT molecular complexity index is 967. The van der Waals surface area contributed by atoms with E-state index < -0.39 is 0 Å². The fraction of sp³-hybridized carbons (Fsp3) is 0.435. The lowest BCUT2D eigenvalue weighted by molar-refractivity contribution is -0.0521. The summed E-state index contributed by atoms with van der Waals surface area (Å²) >= 11 is 0. The van der Waals surface area contributed by atoms with Crippen LogP contribution in [0.25, 0.3) is 0 Å². The summed E-state index contributed by atoms with van der Waals surface area (Å²) in [6.45, 7) is 0.850. The topological polar surface area (TPSA) is 48.7 Å². The Balaban J connectivity index is 1.66. The van der Waals surface area contributed by atoms with E-state index in [0.717, 1.165) is 30.9 Å². The Morgan fingerprint density at radius 2 is 1.64 bits per heavy atom. The van der Waals surface area contributed by atoms with E-state index in [1.54, 1.807) is 14.2 Å². The van der Waals surface area contributed by atoms with E-state index in [-0.39, 0.29) is 24.2 Å². The van der Waals surface area contributed by atoms with Gasteiger partial charge in [-0.3, -0.25) is 9.80 Å². The van der Waals surface area contributed by atoms with Crippen molar-refractivity contribution in [1.82, 2.24) is 9.80 Å². The lowest BCUT2D eigenvalue weighted by Crippen LogP contribution is -2.67. The quantitative estimate of drug-likeness (QED) is 0.808. The standard InChI is InChI=1S/C23H25N3O2/c1-25-18-9-16-10-21(27-2)22(28-3)11-17(16)23(25)19-8-14-6-4-5-7-15(14)13-26(19)20(18)12-24/h4-7,10-11,18-20,23H,8-9,13H2,1-3H3/t18-,19+,20-,23+/m0/s1. The van der Waals surface area contributed by atoms with Crippen LogP contribution in [0.5, 0.6) is 11.5 Å². The van der Waals surface area contributed by atoms with E-state index in [1.807, 2.05) is 0 Å². The second-order valence-corrected chi connectivity index (χ2v) is 8.07. The van der Waals surface area contributed by atoms with Gasteiger partial charge >= 0.3 is 0 Å². The van der Waals surface area contributed by atoms with Crippen molar-refractivity contribution in [3.05, 3.63) is 58.7 Å². The number of benzene rings is 2. The molecular formula is C23H25N3O2. The van der Waals surface area contributed by atoms with Crippen molar-refractivity contribution in [3.8, 4) is 17.6 Å². The maximum Gasteiger partial charge on any atom is 0.161 e. The first kappa shape index (κ1) is 17.5. The zero-order chi connectivity index (χ0) is 19.4. The average Bonchev–Trinajstić information content (AvgIpc) is 2.72. The number of nitrogens with zero attached hydrogens (tertiary/aromatic N) is 3. The maximum absolute atomic E-state index is 10.1. The van der Waals surface area contributed by atoms with Gasteiger partial charge in [0.1, 0.15) is 6.04 Å². The second kappa shape index (κ2) is 6.51. The molecule has 5 rings (SSSR count). The first-order valence-electron chi connectivity index (χ1n) is 9.85. The molecule has 1 saturated heterocycles. The summed E-state index contributed by atoms with van der Waals surface area (Å²) in [4.78, 5) is 4.87. The van der Waals surface area contributed by atoms with Crippen molar-refractivity contribution in [1.29, 1.82) is 5.26 Å². The van der Waals surface area contributed by atoms with Gasteiger partial charge in [-0.15, -0.1) is 0 Å². The molecule has 0 aliphatic carbocycles. The van der Waals surface area contributed by atoms with Crippen LogP contribution in [0.1, 0.15) is 28.3 Å². The fourth-order valence-electron chi connectivity index (χ4n) is 5.54. The first-order valence-corrected chi connectivity index (χ1v) is 9.85. The van der Waals surface area contributed by atoms with E-state index in [1.165, 1.54) is 22.3 Å². The number of piperazine rings is 1. The summed E-state index contributed by atoms with van der Waals surface area (Å²) in [5, 5.41) is 10.1. The van der Waals surface area contributed by atoms with Crippen LogP contribution in [0.3, 0.4) is 0 Å². The van der Waals surface area contributed by atoms with E-state index in [2.05, 4.69) is 59.3 Å². The van der Waals surface area contributed by atoms with Crippen molar-refractivity contribution in [2.45, 2.75) is 43.6 Å². The molecule has 5 heteroatoms. The highest BCUT2D eigenvalue weighted by Crippen LogP contribution is 2.48. The average molecular weight is 375 g/mol. The molecule has 4 atom stereocenters. The lowest BCUT2D eigenvalue weighted by Gasteiger charge is -2.57. The number of ether oxygens (including phenoxy) is 2. The van der Waals surface area contributed by atoms with E-state index >= 15 is 0 Å². The minimum Gasteiger partial charge on any atom is -0.493 e. The molecule has 5 nitrogen and oxygen atoms in total. The molecule has 0 radical (unpaired) electrons. The molecule has 3 aliphatic rings. The van der Waals surface area contributed by atoms with Gasteiger partial charge in [-0.1, -0.05) is 24.3 Å². The number of methoxy groups -OCH3 is 2. The molecule has 3 aliphatic heterocycles. The van der Waals surface area contributed by atoms with Gasteiger partial charge in [0.15, 0.2) is 11.5 Å². The molecule has 28 heavy (non-hydrogen) atoms. The van der Waals surface area contributed by atoms with Gasteiger partial charge in [-0.05, 0) is 54.3 Å². The van der Waals surface area contributed by atoms with Crippen LogP contribution in [-0.2, 0) is 19.4 Å². The van der Waals surface area contributed by atoms with Crippen molar-refractivity contribution in [3.63, 3.8) is 0 Å². The Labute approximate surface area is 166 Å². The molecule has 2 aromatic rings. The molecule has 0 saturated carbocycles. The van der Waals surface area contributed by atoms with Gasteiger partial charge in [0.05, 0.1) is 26.3 Å². The number of hydrogen-bond acceptors (Lipinski definition) is 5. The smallest absolute Gasteiger partial charge is 0.161 e. The molecule has 144 valence electrons. The van der Waals surface area contributed by atoms with Gasteiger partial charge in [0.2, 0.25) is 0 Å². The van der Waals surface area contributed by atoms with Gasteiger partial charge in [-0.2, -0.15) is 5.26 Å².